The minimum atomic E-state index is 0.622. The Kier molecular flexibility index (Phi) is 4.24. The van der Waals surface area contributed by atoms with Gasteiger partial charge in [0, 0.05) is 28.7 Å². The highest BCUT2D eigenvalue weighted by Crippen LogP contribution is 2.22. The summed E-state index contributed by atoms with van der Waals surface area (Å²) in [4.78, 5) is 0. The van der Waals surface area contributed by atoms with Gasteiger partial charge < -0.3 is 0 Å². The molecule has 1 aromatic rings. The molecule has 0 radical (unpaired) electrons. The van der Waals surface area contributed by atoms with Crippen molar-refractivity contribution in [2.24, 2.45) is 5.92 Å². The molecular formula is C18H26N+. The van der Waals surface area contributed by atoms with Crippen LogP contribution in [0.1, 0.15) is 56.1 Å². The van der Waals surface area contributed by atoms with E-state index in [2.05, 4.69) is 63.5 Å². The molecule has 1 aromatic heterocycles. The fourth-order valence-electron chi connectivity index (χ4n) is 3.01. The van der Waals surface area contributed by atoms with E-state index in [4.69, 9.17) is 0 Å². The Morgan fingerprint density at radius 3 is 2.79 bits per heavy atom. The van der Waals surface area contributed by atoms with Gasteiger partial charge in [0.1, 0.15) is 0 Å². The van der Waals surface area contributed by atoms with Gasteiger partial charge in [0.05, 0.1) is 0 Å². The van der Waals surface area contributed by atoms with Gasteiger partial charge in [-0.25, -0.2) is 0 Å². The summed E-state index contributed by atoms with van der Waals surface area (Å²) in [5, 5.41) is 0. The SMILES string of the molecule is CCC/C=C(\C)c1c(C)cc(C)c2[n+]1CC(C)C=C2. The van der Waals surface area contributed by atoms with Gasteiger partial charge in [-0.05, 0) is 33.3 Å². The van der Waals surface area contributed by atoms with Crippen molar-refractivity contribution < 1.29 is 4.57 Å². The number of fused-ring (bicyclic) bond motifs is 1. The molecule has 0 aromatic carbocycles. The van der Waals surface area contributed by atoms with E-state index in [1.54, 1.807) is 0 Å². The molecule has 0 saturated carbocycles. The van der Waals surface area contributed by atoms with E-state index in [0.717, 1.165) is 6.54 Å². The molecule has 0 aliphatic carbocycles. The molecule has 1 heteroatoms. The van der Waals surface area contributed by atoms with Gasteiger partial charge in [-0.3, -0.25) is 0 Å². The summed E-state index contributed by atoms with van der Waals surface area (Å²) in [5.41, 5.74) is 7.00. The first-order valence-electron chi connectivity index (χ1n) is 7.44. The van der Waals surface area contributed by atoms with Crippen LogP contribution in [-0.2, 0) is 6.54 Å². The fraction of sp³-hybridized carbons (Fsp3) is 0.500. The predicted octanol–water partition coefficient (Wildman–Crippen LogP) is 4.46. The van der Waals surface area contributed by atoms with E-state index < -0.39 is 0 Å². The lowest BCUT2D eigenvalue weighted by molar-refractivity contribution is -0.707. The van der Waals surface area contributed by atoms with E-state index in [1.807, 2.05) is 0 Å². The van der Waals surface area contributed by atoms with Crippen molar-refractivity contribution in [3.63, 3.8) is 0 Å². The van der Waals surface area contributed by atoms with Crippen LogP contribution in [0.4, 0.5) is 0 Å². The molecule has 0 spiro atoms. The Balaban J connectivity index is 2.58. The summed E-state index contributed by atoms with van der Waals surface area (Å²) < 4.78 is 2.51. The summed E-state index contributed by atoms with van der Waals surface area (Å²) in [7, 11) is 0. The molecule has 0 fully saturated rings. The van der Waals surface area contributed by atoms with E-state index in [1.165, 1.54) is 40.9 Å². The Morgan fingerprint density at radius 1 is 1.37 bits per heavy atom. The molecule has 102 valence electrons. The van der Waals surface area contributed by atoms with Crippen molar-refractivity contribution in [2.45, 2.75) is 54.0 Å². The number of hydrogen-bond acceptors (Lipinski definition) is 0. The minimum absolute atomic E-state index is 0.622. The van der Waals surface area contributed by atoms with Crippen LogP contribution in [0.15, 0.2) is 18.2 Å². The van der Waals surface area contributed by atoms with Crippen molar-refractivity contribution >= 4 is 11.6 Å². The zero-order chi connectivity index (χ0) is 14.0. The van der Waals surface area contributed by atoms with Crippen LogP contribution in [0.2, 0.25) is 0 Å². The highest BCUT2D eigenvalue weighted by molar-refractivity contribution is 5.62. The van der Waals surface area contributed by atoms with Crippen molar-refractivity contribution in [1.82, 2.24) is 0 Å². The quantitative estimate of drug-likeness (QED) is 0.703. The number of nitrogens with zero attached hydrogens (tertiary/aromatic N) is 1. The molecule has 1 atom stereocenters. The average molecular weight is 256 g/mol. The third-order valence-electron chi connectivity index (χ3n) is 3.94. The Bertz CT molecular complexity index is 535. The van der Waals surface area contributed by atoms with Crippen LogP contribution in [0.25, 0.3) is 11.6 Å². The summed E-state index contributed by atoms with van der Waals surface area (Å²) in [5.74, 6) is 0.622. The molecule has 1 aliphatic heterocycles. The second-order valence-corrected chi connectivity index (χ2v) is 5.87. The first kappa shape index (κ1) is 14.0. The van der Waals surface area contributed by atoms with Gasteiger partial charge in [0.2, 0.25) is 11.4 Å². The maximum atomic E-state index is 2.51. The largest absolute Gasteiger partial charge is 0.211 e. The molecule has 1 nitrogen and oxygen atoms in total. The maximum Gasteiger partial charge on any atom is 0.211 e. The normalized spacial score (nSPS) is 18.6. The molecule has 0 amide bonds. The molecule has 1 unspecified atom stereocenters. The third kappa shape index (κ3) is 2.80. The van der Waals surface area contributed by atoms with Crippen LogP contribution in [0, 0.1) is 19.8 Å². The van der Waals surface area contributed by atoms with Crippen molar-refractivity contribution in [3.8, 4) is 0 Å². The number of hydrogen-bond donors (Lipinski definition) is 0. The molecule has 2 rings (SSSR count). The van der Waals surface area contributed by atoms with Gasteiger partial charge in [-0.2, -0.15) is 4.57 Å². The van der Waals surface area contributed by atoms with Crippen LogP contribution >= 0.6 is 0 Å². The van der Waals surface area contributed by atoms with Gasteiger partial charge in [-0.15, -0.1) is 0 Å². The summed E-state index contributed by atoms with van der Waals surface area (Å²) in [6.07, 6.45) is 9.38. The lowest BCUT2D eigenvalue weighted by Gasteiger charge is -2.17. The standard InChI is InChI=1S/C18H26N/c1-6-7-8-14(3)18-16(5)11-15(4)17-10-9-13(2)12-19(17)18/h8-11,13H,6-7,12H2,1-5H3/q+1/b14-8+. The second-order valence-electron chi connectivity index (χ2n) is 5.87. The smallest absolute Gasteiger partial charge is 0.191 e. The summed E-state index contributed by atoms with van der Waals surface area (Å²) >= 11 is 0. The maximum absolute atomic E-state index is 2.51. The molecule has 0 bridgehead atoms. The summed E-state index contributed by atoms with van der Waals surface area (Å²) in [6, 6.07) is 2.32. The van der Waals surface area contributed by atoms with Crippen LogP contribution in [-0.4, -0.2) is 0 Å². The van der Waals surface area contributed by atoms with Crippen molar-refractivity contribution in [2.75, 3.05) is 0 Å². The molecule has 0 N–H and O–H groups in total. The Morgan fingerprint density at radius 2 is 2.11 bits per heavy atom. The molecule has 19 heavy (non-hydrogen) atoms. The van der Waals surface area contributed by atoms with Gasteiger partial charge in [0.25, 0.3) is 0 Å². The van der Waals surface area contributed by atoms with Crippen molar-refractivity contribution in [3.05, 3.63) is 40.7 Å². The lowest BCUT2D eigenvalue weighted by atomic mass is 9.97. The monoisotopic (exact) mass is 256 g/mol. The van der Waals surface area contributed by atoms with Crippen LogP contribution in [0.3, 0.4) is 0 Å². The van der Waals surface area contributed by atoms with Crippen molar-refractivity contribution in [1.29, 1.82) is 0 Å². The van der Waals surface area contributed by atoms with Crippen LogP contribution < -0.4 is 4.57 Å². The fourth-order valence-corrected chi connectivity index (χ4v) is 3.01. The average Bonchev–Trinajstić information content (AvgIpc) is 2.35. The molecular weight excluding hydrogens is 230 g/mol. The Hall–Kier alpha value is -1.37. The first-order chi connectivity index (χ1) is 9.04. The Labute approximate surface area is 117 Å². The highest BCUT2D eigenvalue weighted by Gasteiger charge is 2.25. The van der Waals surface area contributed by atoms with E-state index in [9.17, 15) is 0 Å². The predicted molar refractivity (Wildman–Crippen MR) is 82.9 cm³/mol. The van der Waals surface area contributed by atoms with E-state index >= 15 is 0 Å². The topological polar surface area (TPSA) is 3.88 Å². The molecule has 2 heterocycles. The number of allylic oxidation sites excluding steroid dienone is 3. The van der Waals surface area contributed by atoms with Gasteiger partial charge >= 0.3 is 0 Å². The van der Waals surface area contributed by atoms with Gasteiger partial charge in [0.15, 0.2) is 6.54 Å². The number of aromatic nitrogens is 1. The van der Waals surface area contributed by atoms with E-state index in [-0.39, 0.29) is 0 Å². The molecule has 0 saturated heterocycles. The highest BCUT2D eigenvalue weighted by atomic mass is 15.0. The number of pyridine rings is 1. The number of unbranched alkanes of at least 4 members (excludes halogenated alkanes) is 1. The van der Waals surface area contributed by atoms with Crippen LogP contribution in [0.5, 0.6) is 0 Å². The first-order valence-corrected chi connectivity index (χ1v) is 7.44. The van der Waals surface area contributed by atoms with E-state index in [0.29, 0.717) is 5.92 Å². The zero-order valence-electron chi connectivity index (χ0n) is 13.0. The number of rotatable bonds is 3. The third-order valence-corrected chi connectivity index (χ3v) is 3.94. The zero-order valence-corrected chi connectivity index (χ0v) is 13.0. The lowest BCUT2D eigenvalue weighted by Crippen LogP contribution is -2.46. The summed E-state index contributed by atoms with van der Waals surface area (Å²) in [6.45, 7) is 12.3. The minimum Gasteiger partial charge on any atom is -0.191 e. The van der Waals surface area contributed by atoms with Gasteiger partial charge in [-0.1, -0.05) is 32.4 Å². The number of aryl methyl sites for hydroxylation is 2. The second kappa shape index (κ2) is 5.73. The molecule has 1 aliphatic rings.